The minimum absolute atomic E-state index is 0.00990. The second-order valence-corrected chi connectivity index (χ2v) is 4.74. The van der Waals surface area contributed by atoms with Gasteiger partial charge in [-0.1, -0.05) is 6.07 Å². The van der Waals surface area contributed by atoms with Gasteiger partial charge in [0, 0.05) is 12.1 Å². The maximum absolute atomic E-state index is 11.7. The van der Waals surface area contributed by atoms with Gasteiger partial charge in [0.1, 0.15) is 11.7 Å². The molecule has 0 bridgehead atoms. The second-order valence-electron chi connectivity index (χ2n) is 4.74. The molecule has 1 saturated heterocycles. The van der Waals surface area contributed by atoms with Gasteiger partial charge in [-0.3, -0.25) is 9.69 Å². The molecule has 0 spiro atoms. The molecule has 7 heteroatoms. The molecule has 1 amide bonds. The van der Waals surface area contributed by atoms with Crippen LogP contribution >= 0.6 is 0 Å². The fourth-order valence-corrected chi connectivity index (χ4v) is 2.46. The van der Waals surface area contributed by atoms with Crippen LogP contribution in [0.5, 0.6) is 0 Å². The lowest BCUT2D eigenvalue weighted by Crippen LogP contribution is -2.71. The minimum atomic E-state index is -1.13. The zero-order valence-corrected chi connectivity index (χ0v) is 10.6. The largest absolute Gasteiger partial charge is 0.477 e. The zero-order valence-electron chi connectivity index (χ0n) is 10.6. The van der Waals surface area contributed by atoms with Crippen molar-refractivity contribution in [3.05, 3.63) is 41.9 Å². The Hall–Kier alpha value is -2.25. The van der Waals surface area contributed by atoms with Gasteiger partial charge in [0.05, 0.1) is 12.2 Å². The molecule has 2 aliphatic heterocycles. The van der Waals surface area contributed by atoms with Crippen LogP contribution < -0.4 is 10.3 Å². The van der Waals surface area contributed by atoms with Crippen LogP contribution in [0.3, 0.4) is 0 Å². The summed E-state index contributed by atoms with van der Waals surface area (Å²) in [6, 6.07) is 4.79. The maximum atomic E-state index is 11.7. The molecule has 20 heavy (non-hydrogen) atoms. The summed E-state index contributed by atoms with van der Waals surface area (Å²) in [5, 5.41) is 9.36. The number of carboxylic acids is 1. The number of pyridine rings is 1. The SMILES string of the molecule is N[C@@H]1C(=O)N2C(C(=O)O)=C(C[n+]3ccccc3)CO[C@H]12. The van der Waals surface area contributed by atoms with Gasteiger partial charge in [-0.05, 0) is 0 Å². The third kappa shape index (κ3) is 1.87. The van der Waals surface area contributed by atoms with Gasteiger partial charge in [0.15, 0.2) is 25.2 Å². The molecule has 0 unspecified atom stereocenters. The van der Waals surface area contributed by atoms with E-state index in [0.717, 1.165) is 4.90 Å². The number of nitrogens with two attached hydrogens (primary N) is 1. The summed E-state index contributed by atoms with van der Waals surface area (Å²) in [6.45, 7) is 0.514. The number of aromatic nitrogens is 1. The fourth-order valence-electron chi connectivity index (χ4n) is 2.46. The van der Waals surface area contributed by atoms with E-state index in [1.165, 1.54) is 0 Å². The van der Waals surface area contributed by atoms with Crippen molar-refractivity contribution < 1.29 is 24.0 Å². The highest BCUT2D eigenvalue weighted by Gasteiger charge is 2.52. The van der Waals surface area contributed by atoms with Gasteiger partial charge in [-0.15, -0.1) is 0 Å². The van der Waals surface area contributed by atoms with Crippen molar-refractivity contribution in [3.8, 4) is 0 Å². The average Bonchev–Trinajstić information content (AvgIpc) is 2.46. The van der Waals surface area contributed by atoms with E-state index in [4.69, 9.17) is 10.5 Å². The number of rotatable bonds is 3. The molecular formula is C13H14N3O4+. The lowest BCUT2D eigenvalue weighted by molar-refractivity contribution is -0.689. The highest BCUT2D eigenvalue weighted by atomic mass is 16.5. The Morgan fingerprint density at radius 2 is 2.15 bits per heavy atom. The van der Waals surface area contributed by atoms with E-state index in [1.807, 2.05) is 35.2 Å². The van der Waals surface area contributed by atoms with Crippen LogP contribution in [0.15, 0.2) is 41.9 Å². The normalized spacial score (nSPS) is 25.2. The van der Waals surface area contributed by atoms with Gasteiger partial charge in [-0.25, -0.2) is 9.36 Å². The van der Waals surface area contributed by atoms with Crippen LogP contribution in [0.25, 0.3) is 0 Å². The van der Waals surface area contributed by atoms with Gasteiger partial charge in [-0.2, -0.15) is 0 Å². The molecule has 0 aliphatic carbocycles. The zero-order chi connectivity index (χ0) is 14.3. The predicted octanol–water partition coefficient (Wildman–Crippen LogP) is -1.16. The van der Waals surface area contributed by atoms with Crippen LogP contribution in [-0.4, -0.2) is 40.8 Å². The fraction of sp³-hybridized carbons (Fsp3) is 0.308. The molecule has 1 fully saturated rings. The van der Waals surface area contributed by atoms with Crippen LogP contribution in [-0.2, 0) is 20.9 Å². The Labute approximate surface area is 114 Å². The molecule has 0 radical (unpaired) electrons. The highest BCUT2D eigenvalue weighted by Crippen LogP contribution is 2.31. The third-order valence-electron chi connectivity index (χ3n) is 3.44. The summed E-state index contributed by atoms with van der Waals surface area (Å²) in [5.41, 5.74) is 6.14. The molecule has 2 aliphatic rings. The number of ether oxygens (including phenoxy) is 1. The summed E-state index contributed by atoms with van der Waals surface area (Å²) in [7, 11) is 0. The molecule has 1 aromatic rings. The smallest absolute Gasteiger partial charge is 0.352 e. The van der Waals surface area contributed by atoms with Crippen molar-refractivity contribution in [1.82, 2.24) is 4.90 Å². The number of hydrogen-bond acceptors (Lipinski definition) is 4. The van der Waals surface area contributed by atoms with Crippen molar-refractivity contribution in [2.75, 3.05) is 6.61 Å². The molecule has 3 heterocycles. The van der Waals surface area contributed by atoms with Crippen LogP contribution in [0, 0.1) is 0 Å². The Balaban J connectivity index is 1.94. The Kier molecular flexibility index (Phi) is 3.00. The molecule has 104 valence electrons. The van der Waals surface area contributed by atoms with Crippen LogP contribution in [0.1, 0.15) is 0 Å². The van der Waals surface area contributed by atoms with E-state index in [2.05, 4.69) is 0 Å². The molecule has 0 aromatic carbocycles. The number of amides is 1. The van der Waals surface area contributed by atoms with E-state index in [1.54, 1.807) is 0 Å². The van der Waals surface area contributed by atoms with E-state index in [0.29, 0.717) is 12.1 Å². The molecule has 3 N–H and O–H groups in total. The third-order valence-corrected chi connectivity index (χ3v) is 3.44. The first kappa shape index (κ1) is 12.8. The topological polar surface area (TPSA) is 96.7 Å². The van der Waals surface area contributed by atoms with E-state index in [9.17, 15) is 14.7 Å². The van der Waals surface area contributed by atoms with Gasteiger partial charge < -0.3 is 15.6 Å². The number of hydrogen-bond donors (Lipinski definition) is 2. The highest BCUT2D eigenvalue weighted by molar-refractivity contribution is 5.99. The lowest BCUT2D eigenvalue weighted by Gasteiger charge is -2.47. The van der Waals surface area contributed by atoms with E-state index < -0.39 is 24.1 Å². The number of carbonyl (C=O) groups excluding carboxylic acids is 1. The van der Waals surface area contributed by atoms with E-state index in [-0.39, 0.29) is 12.3 Å². The summed E-state index contributed by atoms with van der Waals surface area (Å²) >= 11 is 0. The summed E-state index contributed by atoms with van der Waals surface area (Å²) in [4.78, 5) is 24.3. The Morgan fingerprint density at radius 3 is 2.80 bits per heavy atom. The lowest BCUT2D eigenvalue weighted by atomic mass is 9.99. The molecule has 3 rings (SSSR count). The molecule has 0 saturated carbocycles. The van der Waals surface area contributed by atoms with E-state index >= 15 is 0 Å². The molecule has 2 atom stereocenters. The van der Waals surface area contributed by atoms with Crippen molar-refractivity contribution in [1.29, 1.82) is 0 Å². The summed E-state index contributed by atoms with van der Waals surface area (Å²) in [5.74, 6) is -1.55. The number of β-lactam (4-membered cyclic amide) rings is 1. The molecular weight excluding hydrogens is 262 g/mol. The number of carboxylic acid groups (broad SMARTS) is 1. The quantitative estimate of drug-likeness (QED) is 0.536. The van der Waals surface area contributed by atoms with Crippen LogP contribution in [0.4, 0.5) is 0 Å². The summed E-state index contributed by atoms with van der Waals surface area (Å²) < 4.78 is 7.30. The Bertz CT molecular complexity index is 599. The number of nitrogens with zero attached hydrogens (tertiary/aromatic N) is 2. The first-order valence-corrected chi connectivity index (χ1v) is 6.19. The molecule has 7 nitrogen and oxygen atoms in total. The standard InChI is InChI=1S/C13H13N3O4/c14-9-11(17)16-10(13(18)19)8(7-20-12(9)16)6-15-4-2-1-3-5-15/h1-5,9,12H,6-7,14H2/p+1/t9-,12-/m1/s1. The monoisotopic (exact) mass is 276 g/mol. The van der Waals surface area contributed by atoms with Crippen LogP contribution in [0.2, 0.25) is 0 Å². The van der Waals surface area contributed by atoms with Crippen molar-refractivity contribution >= 4 is 11.9 Å². The molecule has 1 aromatic heterocycles. The number of fused-ring (bicyclic) bond motifs is 1. The predicted molar refractivity (Wildman–Crippen MR) is 65.9 cm³/mol. The first-order valence-electron chi connectivity index (χ1n) is 6.19. The average molecular weight is 276 g/mol. The van der Waals surface area contributed by atoms with Gasteiger partial charge >= 0.3 is 5.97 Å². The first-order chi connectivity index (χ1) is 9.59. The Morgan fingerprint density at radius 1 is 1.45 bits per heavy atom. The number of aliphatic carboxylic acids is 1. The van der Waals surface area contributed by atoms with Gasteiger partial charge in [0.25, 0.3) is 5.91 Å². The van der Waals surface area contributed by atoms with Crippen molar-refractivity contribution in [2.24, 2.45) is 5.73 Å². The second kappa shape index (κ2) is 4.69. The van der Waals surface area contributed by atoms with Gasteiger partial charge in [0.2, 0.25) is 0 Å². The minimum Gasteiger partial charge on any atom is -0.477 e. The summed E-state index contributed by atoms with van der Waals surface area (Å²) in [6.07, 6.45) is 2.99. The maximum Gasteiger partial charge on any atom is 0.352 e. The van der Waals surface area contributed by atoms with Crippen molar-refractivity contribution in [3.63, 3.8) is 0 Å². The van der Waals surface area contributed by atoms with Crippen molar-refractivity contribution in [2.45, 2.75) is 18.8 Å². The number of carbonyl (C=O) groups is 2.